The van der Waals surface area contributed by atoms with E-state index in [1.807, 2.05) is 6.07 Å². The topological polar surface area (TPSA) is 79.2 Å². The molecule has 0 radical (unpaired) electrons. The van der Waals surface area contributed by atoms with Crippen molar-refractivity contribution < 1.29 is 18.7 Å². The quantitative estimate of drug-likeness (QED) is 0.839. The van der Waals surface area contributed by atoms with E-state index in [9.17, 15) is 14.0 Å². The van der Waals surface area contributed by atoms with E-state index >= 15 is 0 Å². The lowest BCUT2D eigenvalue weighted by Gasteiger charge is -2.10. The lowest BCUT2D eigenvalue weighted by molar-refractivity contribution is -0.118. The Morgan fingerprint density at radius 3 is 2.67 bits per heavy atom. The molecule has 0 aromatic heterocycles. The number of hydrogen-bond donors (Lipinski definition) is 1. The van der Waals surface area contributed by atoms with Gasteiger partial charge in [-0.3, -0.25) is 9.59 Å². The number of amides is 1. The van der Waals surface area contributed by atoms with Crippen LogP contribution < -0.4 is 10.1 Å². The fourth-order valence-electron chi connectivity index (χ4n) is 1.88. The van der Waals surface area contributed by atoms with Crippen molar-refractivity contribution in [3.8, 4) is 11.8 Å². The van der Waals surface area contributed by atoms with E-state index in [1.54, 1.807) is 0 Å². The Hall–Kier alpha value is -2.91. The van der Waals surface area contributed by atoms with Crippen molar-refractivity contribution in [3.05, 3.63) is 58.4 Å². The predicted octanol–water partition coefficient (Wildman–Crippen LogP) is 3.57. The highest BCUT2D eigenvalue weighted by atomic mass is 35.5. The maximum atomic E-state index is 13.8. The van der Waals surface area contributed by atoms with Gasteiger partial charge < -0.3 is 10.1 Å². The molecule has 2 aromatic carbocycles. The largest absolute Gasteiger partial charge is 0.481 e. The van der Waals surface area contributed by atoms with Crippen molar-refractivity contribution in [2.45, 2.75) is 6.92 Å². The molecule has 0 spiro atoms. The number of halogens is 2. The van der Waals surface area contributed by atoms with Gasteiger partial charge in [-0.05, 0) is 43.3 Å². The van der Waals surface area contributed by atoms with Crippen LogP contribution in [-0.2, 0) is 4.79 Å². The zero-order valence-corrected chi connectivity index (χ0v) is 13.4. The van der Waals surface area contributed by atoms with Crippen LogP contribution in [0.4, 0.5) is 10.1 Å². The number of ketones is 1. The fourth-order valence-corrected chi connectivity index (χ4v) is 2.06. The van der Waals surface area contributed by atoms with E-state index in [2.05, 4.69) is 5.32 Å². The van der Waals surface area contributed by atoms with Crippen molar-refractivity contribution >= 4 is 29.0 Å². The van der Waals surface area contributed by atoms with Gasteiger partial charge in [-0.25, -0.2) is 4.39 Å². The molecule has 0 saturated heterocycles. The van der Waals surface area contributed by atoms with E-state index in [0.29, 0.717) is 5.02 Å². The molecule has 0 aliphatic heterocycles. The van der Waals surface area contributed by atoms with Gasteiger partial charge >= 0.3 is 0 Å². The molecule has 0 aliphatic carbocycles. The molecule has 0 heterocycles. The number of carbonyl (C=O) groups excluding carboxylic acids is 2. The minimum Gasteiger partial charge on any atom is -0.481 e. The number of anilines is 1. The molecule has 0 atom stereocenters. The minimum absolute atomic E-state index is 0.151. The lowest BCUT2D eigenvalue weighted by Crippen LogP contribution is -2.21. The summed E-state index contributed by atoms with van der Waals surface area (Å²) in [5.74, 6) is -1.75. The molecule has 0 fully saturated rings. The average molecular weight is 347 g/mol. The monoisotopic (exact) mass is 346 g/mol. The van der Waals surface area contributed by atoms with E-state index in [-0.39, 0.29) is 28.3 Å². The first-order valence-corrected chi connectivity index (χ1v) is 7.21. The molecule has 5 nitrogen and oxygen atoms in total. The standard InChI is InChI=1S/C17H12ClFN2O3/c1-10(22)11-3-5-16(14(19)6-11)24-9-17(23)21-15-7-13(18)4-2-12(15)8-20/h2-7H,9H2,1H3,(H,21,23). The van der Waals surface area contributed by atoms with E-state index in [4.69, 9.17) is 21.6 Å². The second-order valence-electron chi connectivity index (χ2n) is 4.84. The Labute approximate surface area is 142 Å². The molecule has 0 bridgehead atoms. The molecule has 1 amide bonds. The first-order chi connectivity index (χ1) is 11.4. The highest BCUT2D eigenvalue weighted by Crippen LogP contribution is 2.21. The molecule has 24 heavy (non-hydrogen) atoms. The molecule has 2 rings (SSSR count). The van der Waals surface area contributed by atoms with Gasteiger partial charge in [0, 0.05) is 10.6 Å². The van der Waals surface area contributed by atoms with Crippen LogP contribution in [0.15, 0.2) is 36.4 Å². The molecule has 122 valence electrons. The first-order valence-electron chi connectivity index (χ1n) is 6.83. The highest BCUT2D eigenvalue weighted by Gasteiger charge is 2.11. The maximum absolute atomic E-state index is 13.8. The fraction of sp³-hybridized carbons (Fsp3) is 0.118. The van der Waals surface area contributed by atoms with E-state index in [0.717, 1.165) is 6.07 Å². The summed E-state index contributed by atoms with van der Waals surface area (Å²) in [4.78, 5) is 23.0. The van der Waals surface area contributed by atoms with Crippen molar-refractivity contribution in [3.63, 3.8) is 0 Å². The third-order valence-electron chi connectivity index (χ3n) is 3.07. The van der Waals surface area contributed by atoms with Crippen molar-refractivity contribution in [2.24, 2.45) is 0 Å². The molecule has 7 heteroatoms. The van der Waals surface area contributed by atoms with Crippen molar-refractivity contribution in [1.29, 1.82) is 5.26 Å². The Bertz CT molecular complexity index is 846. The molecule has 0 unspecified atom stereocenters. The van der Waals surface area contributed by atoms with E-state index < -0.39 is 18.3 Å². The van der Waals surface area contributed by atoms with Gasteiger partial charge in [-0.1, -0.05) is 11.6 Å². The lowest BCUT2D eigenvalue weighted by atomic mass is 10.1. The van der Waals surface area contributed by atoms with Crippen LogP contribution in [-0.4, -0.2) is 18.3 Å². The summed E-state index contributed by atoms with van der Waals surface area (Å²) in [5, 5.41) is 11.8. The summed E-state index contributed by atoms with van der Waals surface area (Å²) in [5.41, 5.74) is 0.692. The zero-order chi connectivity index (χ0) is 17.7. The number of hydrogen-bond acceptors (Lipinski definition) is 4. The SMILES string of the molecule is CC(=O)c1ccc(OCC(=O)Nc2cc(Cl)ccc2C#N)c(F)c1. The Balaban J connectivity index is 2.03. The number of nitriles is 1. The first kappa shape index (κ1) is 17.4. The molecule has 1 N–H and O–H groups in total. The third kappa shape index (κ3) is 4.31. The average Bonchev–Trinajstić information content (AvgIpc) is 2.53. The molecular formula is C17H12ClFN2O3. The number of Topliss-reactive ketones (excluding diaryl/α,β-unsaturated/α-hetero) is 1. The minimum atomic E-state index is -0.740. The van der Waals surface area contributed by atoms with Gasteiger partial charge in [-0.2, -0.15) is 5.26 Å². The van der Waals surface area contributed by atoms with Gasteiger partial charge in [-0.15, -0.1) is 0 Å². The number of rotatable bonds is 5. The highest BCUT2D eigenvalue weighted by molar-refractivity contribution is 6.31. The summed E-state index contributed by atoms with van der Waals surface area (Å²) in [6.45, 7) is 0.855. The Morgan fingerprint density at radius 2 is 2.04 bits per heavy atom. The van der Waals surface area contributed by atoms with Crippen LogP contribution in [0.5, 0.6) is 5.75 Å². The van der Waals surface area contributed by atoms with Crippen LogP contribution in [0.1, 0.15) is 22.8 Å². The molecule has 0 aliphatic rings. The third-order valence-corrected chi connectivity index (χ3v) is 3.31. The summed E-state index contributed by atoms with van der Waals surface area (Å²) in [7, 11) is 0. The molecule has 2 aromatic rings. The summed E-state index contributed by atoms with van der Waals surface area (Å²) < 4.78 is 18.9. The zero-order valence-electron chi connectivity index (χ0n) is 12.6. The Kier molecular flexibility index (Phi) is 5.51. The number of ether oxygens (including phenoxy) is 1. The molecular weight excluding hydrogens is 335 g/mol. The summed E-state index contributed by atoms with van der Waals surface area (Å²) >= 11 is 5.82. The summed E-state index contributed by atoms with van der Waals surface area (Å²) in [6.07, 6.45) is 0. The number of nitrogens with one attached hydrogen (secondary N) is 1. The van der Waals surface area contributed by atoms with Gasteiger partial charge in [0.15, 0.2) is 24.0 Å². The number of carbonyl (C=O) groups is 2. The van der Waals surface area contributed by atoms with E-state index in [1.165, 1.54) is 37.3 Å². The number of nitrogens with zero attached hydrogens (tertiary/aromatic N) is 1. The predicted molar refractivity (Wildman–Crippen MR) is 86.7 cm³/mol. The maximum Gasteiger partial charge on any atom is 0.262 e. The van der Waals surface area contributed by atoms with Gasteiger partial charge in [0.25, 0.3) is 5.91 Å². The van der Waals surface area contributed by atoms with Crippen LogP contribution in [0, 0.1) is 17.1 Å². The smallest absolute Gasteiger partial charge is 0.262 e. The van der Waals surface area contributed by atoms with Crippen molar-refractivity contribution in [2.75, 3.05) is 11.9 Å². The van der Waals surface area contributed by atoms with Crippen LogP contribution in [0.3, 0.4) is 0 Å². The van der Waals surface area contributed by atoms with Crippen LogP contribution in [0.2, 0.25) is 5.02 Å². The van der Waals surface area contributed by atoms with Crippen LogP contribution >= 0.6 is 11.6 Å². The van der Waals surface area contributed by atoms with Gasteiger partial charge in [0.1, 0.15) is 6.07 Å². The molecule has 0 saturated carbocycles. The van der Waals surface area contributed by atoms with Crippen LogP contribution in [0.25, 0.3) is 0 Å². The summed E-state index contributed by atoms with van der Waals surface area (Å²) in [6, 6.07) is 10.1. The second-order valence-corrected chi connectivity index (χ2v) is 5.28. The van der Waals surface area contributed by atoms with Gasteiger partial charge in [0.2, 0.25) is 0 Å². The van der Waals surface area contributed by atoms with Crippen molar-refractivity contribution in [1.82, 2.24) is 0 Å². The normalized spacial score (nSPS) is 9.92. The van der Waals surface area contributed by atoms with Gasteiger partial charge in [0.05, 0.1) is 11.3 Å². The second kappa shape index (κ2) is 7.57. The Morgan fingerprint density at radius 1 is 1.29 bits per heavy atom. The number of benzene rings is 2.